The molecule has 0 unspecified atom stereocenters. The Morgan fingerprint density at radius 1 is 1.04 bits per heavy atom. The summed E-state index contributed by atoms with van der Waals surface area (Å²) < 4.78 is 31.5. The van der Waals surface area contributed by atoms with Gasteiger partial charge in [-0.3, -0.25) is 4.79 Å². The number of benzene rings is 2. The van der Waals surface area contributed by atoms with Crippen molar-refractivity contribution in [3.8, 4) is 11.3 Å². The van der Waals surface area contributed by atoms with Crippen LogP contribution in [0.15, 0.2) is 53.1 Å². The molecule has 0 saturated heterocycles. The van der Waals surface area contributed by atoms with Gasteiger partial charge in [0.1, 0.15) is 0 Å². The minimum absolute atomic E-state index is 0.152. The Morgan fingerprint density at radius 2 is 1.84 bits per heavy atom. The summed E-state index contributed by atoms with van der Waals surface area (Å²) in [6.07, 6.45) is 0.787. The molecule has 0 atom stereocenters. The lowest BCUT2D eigenvalue weighted by Crippen LogP contribution is -2.36. The molecule has 1 aliphatic heterocycles. The van der Waals surface area contributed by atoms with Crippen molar-refractivity contribution in [2.24, 2.45) is 0 Å². The summed E-state index contributed by atoms with van der Waals surface area (Å²) >= 11 is 0. The fourth-order valence-electron chi connectivity index (χ4n) is 2.99. The first kappa shape index (κ1) is 15.5. The van der Waals surface area contributed by atoms with Crippen LogP contribution in [-0.2, 0) is 13.0 Å². The van der Waals surface area contributed by atoms with Gasteiger partial charge in [-0.1, -0.05) is 29.4 Å². The highest BCUT2D eigenvalue weighted by Gasteiger charge is 2.24. The lowest BCUT2D eigenvalue weighted by molar-refractivity contribution is 0.0724. The minimum Gasteiger partial charge on any atom is -0.355 e. The van der Waals surface area contributed by atoms with Crippen molar-refractivity contribution >= 4 is 5.91 Å². The van der Waals surface area contributed by atoms with Crippen molar-refractivity contribution in [3.63, 3.8) is 0 Å². The van der Waals surface area contributed by atoms with Gasteiger partial charge in [0.2, 0.25) is 0 Å². The molecule has 0 aliphatic carbocycles. The largest absolute Gasteiger partial charge is 0.355 e. The number of hydrogen-bond donors (Lipinski definition) is 0. The predicted octanol–water partition coefficient (Wildman–Crippen LogP) is 3.82. The number of hydrogen-bond acceptors (Lipinski definition) is 3. The molecule has 2 aromatic carbocycles. The zero-order valence-corrected chi connectivity index (χ0v) is 13.2. The van der Waals surface area contributed by atoms with E-state index in [1.165, 1.54) is 17.7 Å². The summed E-state index contributed by atoms with van der Waals surface area (Å²) in [5.74, 6) is -1.94. The Morgan fingerprint density at radius 3 is 2.64 bits per heavy atom. The summed E-state index contributed by atoms with van der Waals surface area (Å²) in [4.78, 5) is 14.3. The van der Waals surface area contributed by atoms with E-state index in [9.17, 15) is 13.6 Å². The van der Waals surface area contributed by atoms with Crippen LogP contribution >= 0.6 is 0 Å². The molecule has 0 N–H and O–H groups in total. The van der Waals surface area contributed by atoms with Gasteiger partial charge in [0, 0.05) is 24.7 Å². The van der Waals surface area contributed by atoms with E-state index in [2.05, 4.69) is 11.2 Å². The van der Waals surface area contributed by atoms with E-state index in [0.29, 0.717) is 18.7 Å². The van der Waals surface area contributed by atoms with Crippen molar-refractivity contribution in [2.45, 2.75) is 13.0 Å². The fourth-order valence-corrected chi connectivity index (χ4v) is 2.99. The highest BCUT2D eigenvalue weighted by molar-refractivity contribution is 5.93. The number of aromatic nitrogens is 1. The Bertz CT molecular complexity index is 952. The molecule has 4 rings (SSSR count). The first-order valence-corrected chi connectivity index (χ1v) is 7.90. The second kappa shape index (κ2) is 6.12. The van der Waals surface area contributed by atoms with Gasteiger partial charge in [-0.15, -0.1) is 0 Å². The first-order valence-electron chi connectivity index (χ1n) is 7.90. The molecule has 126 valence electrons. The third kappa shape index (κ3) is 2.91. The number of fused-ring (bicyclic) bond motifs is 1. The number of carbonyl (C=O) groups excluding carboxylic acids is 1. The Labute approximate surface area is 142 Å². The van der Waals surface area contributed by atoms with Crippen LogP contribution < -0.4 is 0 Å². The molecule has 0 radical (unpaired) electrons. The van der Waals surface area contributed by atoms with Gasteiger partial charge in [-0.05, 0) is 35.7 Å². The number of rotatable bonds is 2. The maximum absolute atomic E-state index is 13.3. The van der Waals surface area contributed by atoms with Gasteiger partial charge in [0.05, 0.1) is 0 Å². The van der Waals surface area contributed by atoms with E-state index in [0.717, 1.165) is 24.1 Å². The standard InChI is InChI=1S/C19H14F2N2O2/c20-15-6-5-13(9-16(15)21)18-10-17(22-25-18)19(24)23-8-7-12-3-1-2-4-14(12)11-23/h1-6,9-10H,7-8,11H2. The molecule has 1 aromatic heterocycles. The molecule has 0 spiro atoms. The van der Waals surface area contributed by atoms with Crippen LogP contribution in [-0.4, -0.2) is 22.5 Å². The third-order valence-electron chi connectivity index (χ3n) is 4.35. The van der Waals surface area contributed by atoms with Gasteiger partial charge >= 0.3 is 0 Å². The maximum atomic E-state index is 13.3. The fraction of sp³-hybridized carbons (Fsp3) is 0.158. The van der Waals surface area contributed by atoms with E-state index in [1.807, 2.05) is 18.2 Å². The highest BCUT2D eigenvalue weighted by atomic mass is 19.2. The molecule has 2 heterocycles. The lowest BCUT2D eigenvalue weighted by Gasteiger charge is -2.28. The van der Waals surface area contributed by atoms with Crippen molar-refractivity contribution in [1.29, 1.82) is 0 Å². The predicted molar refractivity (Wildman–Crippen MR) is 86.7 cm³/mol. The minimum atomic E-state index is -0.977. The van der Waals surface area contributed by atoms with Crippen LogP contribution in [0.1, 0.15) is 21.6 Å². The van der Waals surface area contributed by atoms with Crippen molar-refractivity contribution in [2.75, 3.05) is 6.54 Å². The van der Waals surface area contributed by atoms with Crippen LogP contribution in [0.25, 0.3) is 11.3 Å². The van der Waals surface area contributed by atoms with Gasteiger partial charge in [-0.25, -0.2) is 8.78 Å². The Kier molecular flexibility index (Phi) is 3.80. The second-order valence-electron chi connectivity index (χ2n) is 5.95. The average molecular weight is 340 g/mol. The van der Waals surface area contributed by atoms with Crippen molar-refractivity contribution in [3.05, 3.63) is 77.0 Å². The summed E-state index contributed by atoms with van der Waals surface area (Å²) in [6, 6.07) is 12.9. The van der Waals surface area contributed by atoms with Crippen LogP contribution in [0.3, 0.4) is 0 Å². The third-order valence-corrected chi connectivity index (χ3v) is 4.35. The van der Waals surface area contributed by atoms with E-state index in [4.69, 9.17) is 4.52 Å². The van der Waals surface area contributed by atoms with Crippen LogP contribution in [0.2, 0.25) is 0 Å². The lowest BCUT2D eigenvalue weighted by atomic mass is 10.00. The molecular weight excluding hydrogens is 326 g/mol. The van der Waals surface area contributed by atoms with Gasteiger partial charge < -0.3 is 9.42 Å². The van der Waals surface area contributed by atoms with E-state index < -0.39 is 11.6 Å². The smallest absolute Gasteiger partial charge is 0.276 e. The quantitative estimate of drug-likeness (QED) is 0.712. The maximum Gasteiger partial charge on any atom is 0.276 e. The SMILES string of the molecule is O=C(c1cc(-c2ccc(F)c(F)c2)on1)N1CCc2ccccc2C1. The number of halogens is 2. The van der Waals surface area contributed by atoms with Gasteiger partial charge in [0.15, 0.2) is 23.1 Å². The molecular formula is C19H14F2N2O2. The van der Waals surface area contributed by atoms with Crippen LogP contribution in [0, 0.1) is 11.6 Å². The molecule has 25 heavy (non-hydrogen) atoms. The Hall–Kier alpha value is -3.02. The monoisotopic (exact) mass is 340 g/mol. The molecule has 4 nitrogen and oxygen atoms in total. The number of amides is 1. The molecule has 1 amide bonds. The molecule has 0 saturated carbocycles. The summed E-state index contributed by atoms with van der Waals surface area (Å²) in [6.45, 7) is 1.12. The Balaban J connectivity index is 1.56. The molecule has 3 aromatic rings. The summed E-state index contributed by atoms with van der Waals surface area (Å²) in [7, 11) is 0. The summed E-state index contributed by atoms with van der Waals surface area (Å²) in [5.41, 5.74) is 2.84. The number of carbonyl (C=O) groups is 1. The number of nitrogens with zero attached hydrogens (tertiary/aromatic N) is 2. The first-order chi connectivity index (χ1) is 12.1. The van der Waals surface area contributed by atoms with Crippen LogP contribution in [0.5, 0.6) is 0 Å². The molecule has 0 fully saturated rings. The zero-order valence-electron chi connectivity index (χ0n) is 13.2. The van der Waals surface area contributed by atoms with Crippen LogP contribution in [0.4, 0.5) is 8.78 Å². The zero-order chi connectivity index (χ0) is 17.4. The van der Waals surface area contributed by atoms with Crippen molar-refractivity contribution < 1.29 is 18.1 Å². The molecule has 6 heteroatoms. The van der Waals surface area contributed by atoms with E-state index >= 15 is 0 Å². The van der Waals surface area contributed by atoms with E-state index in [1.54, 1.807) is 4.90 Å². The van der Waals surface area contributed by atoms with Gasteiger partial charge in [0.25, 0.3) is 5.91 Å². The van der Waals surface area contributed by atoms with Gasteiger partial charge in [-0.2, -0.15) is 0 Å². The average Bonchev–Trinajstić information content (AvgIpc) is 3.13. The normalized spacial score (nSPS) is 13.6. The van der Waals surface area contributed by atoms with Crippen molar-refractivity contribution in [1.82, 2.24) is 10.1 Å². The molecule has 0 bridgehead atoms. The van der Waals surface area contributed by atoms with E-state index in [-0.39, 0.29) is 17.4 Å². The summed E-state index contributed by atoms with van der Waals surface area (Å²) in [5, 5.41) is 3.79. The topological polar surface area (TPSA) is 46.3 Å². The highest BCUT2D eigenvalue weighted by Crippen LogP contribution is 2.24. The molecule has 1 aliphatic rings. The second-order valence-corrected chi connectivity index (χ2v) is 5.95.